The van der Waals surface area contributed by atoms with Crippen LogP contribution in [0.1, 0.15) is 21.7 Å². The summed E-state index contributed by atoms with van der Waals surface area (Å²) < 4.78 is 31.8. The lowest BCUT2D eigenvalue weighted by Gasteiger charge is -1.99. The van der Waals surface area contributed by atoms with Crippen LogP contribution in [0, 0.1) is 18.6 Å². The molecule has 100 valence electrons. The Morgan fingerprint density at radius 1 is 1.05 bits per heavy atom. The van der Waals surface area contributed by atoms with E-state index in [1.54, 1.807) is 13.0 Å². The van der Waals surface area contributed by atoms with Crippen LogP contribution in [0.5, 0.6) is 0 Å². The maximum absolute atomic E-state index is 13.2. The van der Waals surface area contributed by atoms with Gasteiger partial charge in [0.25, 0.3) is 0 Å². The molecule has 0 fully saturated rings. The highest BCUT2D eigenvalue weighted by Crippen LogP contribution is 2.27. The van der Waals surface area contributed by atoms with E-state index in [0.717, 1.165) is 6.07 Å². The summed E-state index contributed by atoms with van der Waals surface area (Å²) in [5, 5.41) is 0.672. The molecule has 0 radical (unpaired) electrons. The smallest absolute Gasteiger partial charge is 0.228 e. The molecular formula is C16H10F2O2. The zero-order valence-corrected chi connectivity index (χ0v) is 10.6. The van der Waals surface area contributed by atoms with Gasteiger partial charge in [0, 0.05) is 22.6 Å². The molecule has 0 aliphatic carbocycles. The molecular weight excluding hydrogens is 262 g/mol. The topological polar surface area (TPSA) is 30.2 Å². The Kier molecular flexibility index (Phi) is 2.86. The van der Waals surface area contributed by atoms with Crippen molar-refractivity contribution in [2.24, 2.45) is 0 Å². The number of hydrogen-bond donors (Lipinski definition) is 0. The van der Waals surface area contributed by atoms with Crippen molar-refractivity contribution in [1.29, 1.82) is 0 Å². The van der Waals surface area contributed by atoms with Crippen molar-refractivity contribution >= 4 is 16.8 Å². The van der Waals surface area contributed by atoms with Crippen molar-refractivity contribution in [3.63, 3.8) is 0 Å². The molecule has 0 atom stereocenters. The molecule has 0 aliphatic rings. The highest BCUT2D eigenvalue weighted by molar-refractivity contribution is 6.10. The Hall–Kier alpha value is -2.49. The minimum absolute atomic E-state index is 0.108. The maximum Gasteiger partial charge on any atom is 0.228 e. The minimum Gasteiger partial charge on any atom is -0.452 e. The minimum atomic E-state index is -0.490. The van der Waals surface area contributed by atoms with Crippen LogP contribution in [0.4, 0.5) is 8.78 Å². The molecule has 20 heavy (non-hydrogen) atoms. The summed E-state index contributed by atoms with van der Waals surface area (Å²) in [5.74, 6) is -1.23. The predicted octanol–water partition coefficient (Wildman–Crippen LogP) is 4.25. The van der Waals surface area contributed by atoms with E-state index >= 15 is 0 Å². The van der Waals surface area contributed by atoms with Crippen LogP contribution in [-0.2, 0) is 0 Å². The van der Waals surface area contributed by atoms with Crippen molar-refractivity contribution in [3.05, 3.63) is 71.0 Å². The van der Waals surface area contributed by atoms with Gasteiger partial charge >= 0.3 is 0 Å². The lowest BCUT2D eigenvalue weighted by molar-refractivity contribution is 0.101. The van der Waals surface area contributed by atoms with Gasteiger partial charge in [-0.05, 0) is 31.2 Å². The van der Waals surface area contributed by atoms with Crippen LogP contribution in [0.2, 0.25) is 0 Å². The summed E-state index contributed by atoms with van der Waals surface area (Å²) in [5.41, 5.74) is 1.13. The second-order valence-corrected chi connectivity index (χ2v) is 4.54. The van der Waals surface area contributed by atoms with Gasteiger partial charge < -0.3 is 4.42 Å². The number of carbonyl (C=O) groups is 1. The van der Waals surface area contributed by atoms with Crippen LogP contribution < -0.4 is 0 Å². The van der Waals surface area contributed by atoms with Crippen LogP contribution in [0.3, 0.4) is 0 Å². The number of benzene rings is 2. The Labute approximate surface area is 113 Å². The van der Waals surface area contributed by atoms with Crippen molar-refractivity contribution < 1.29 is 18.0 Å². The Morgan fingerprint density at radius 3 is 2.55 bits per heavy atom. The maximum atomic E-state index is 13.2. The molecule has 0 amide bonds. The van der Waals surface area contributed by atoms with Crippen molar-refractivity contribution in [1.82, 2.24) is 0 Å². The van der Waals surface area contributed by atoms with Gasteiger partial charge in [0.05, 0.1) is 0 Å². The summed E-state index contributed by atoms with van der Waals surface area (Å²) in [6.07, 6.45) is 0. The Morgan fingerprint density at radius 2 is 1.80 bits per heavy atom. The third-order valence-electron chi connectivity index (χ3n) is 3.19. The molecule has 3 rings (SSSR count). The first kappa shape index (κ1) is 12.5. The van der Waals surface area contributed by atoms with E-state index in [9.17, 15) is 13.6 Å². The molecule has 2 nitrogen and oxygen atoms in total. The first-order valence-corrected chi connectivity index (χ1v) is 6.05. The fourth-order valence-electron chi connectivity index (χ4n) is 2.18. The standard InChI is InChI=1S/C16H10F2O2/c1-9-13-6-5-12(18)8-14(13)20-16(9)15(19)10-3-2-4-11(17)7-10/h2-8H,1H3. The second-order valence-electron chi connectivity index (χ2n) is 4.54. The Balaban J connectivity index is 2.14. The largest absolute Gasteiger partial charge is 0.452 e. The highest BCUT2D eigenvalue weighted by Gasteiger charge is 2.19. The van der Waals surface area contributed by atoms with E-state index in [0.29, 0.717) is 16.5 Å². The number of rotatable bonds is 2. The normalized spacial score (nSPS) is 10.9. The number of hydrogen-bond acceptors (Lipinski definition) is 2. The molecule has 0 unspecified atom stereocenters. The van der Waals surface area contributed by atoms with Crippen LogP contribution in [0.25, 0.3) is 11.0 Å². The molecule has 1 aromatic heterocycles. The van der Waals surface area contributed by atoms with Gasteiger partial charge in [-0.1, -0.05) is 12.1 Å². The van der Waals surface area contributed by atoms with Gasteiger partial charge in [0.15, 0.2) is 5.76 Å². The molecule has 0 bridgehead atoms. The zero-order chi connectivity index (χ0) is 14.3. The Bertz CT molecular complexity index is 818. The number of ketones is 1. The first-order chi connectivity index (χ1) is 9.56. The van der Waals surface area contributed by atoms with E-state index in [1.165, 1.54) is 30.3 Å². The van der Waals surface area contributed by atoms with Gasteiger partial charge in [-0.3, -0.25) is 4.79 Å². The summed E-state index contributed by atoms with van der Waals surface area (Å²) in [6, 6.07) is 9.48. The van der Waals surface area contributed by atoms with Gasteiger partial charge in [-0.2, -0.15) is 0 Å². The van der Waals surface area contributed by atoms with E-state index in [4.69, 9.17) is 4.42 Å². The van der Waals surface area contributed by atoms with E-state index in [-0.39, 0.29) is 11.3 Å². The zero-order valence-electron chi connectivity index (χ0n) is 10.6. The molecule has 0 spiro atoms. The average molecular weight is 272 g/mol. The monoisotopic (exact) mass is 272 g/mol. The van der Waals surface area contributed by atoms with Gasteiger partial charge in [0.2, 0.25) is 5.78 Å². The molecule has 0 aliphatic heterocycles. The number of furan rings is 1. The van der Waals surface area contributed by atoms with Crippen LogP contribution >= 0.6 is 0 Å². The third kappa shape index (κ3) is 1.99. The van der Waals surface area contributed by atoms with Crippen LogP contribution in [0.15, 0.2) is 46.9 Å². The van der Waals surface area contributed by atoms with Crippen molar-refractivity contribution in [3.8, 4) is 0 Å². The molecule has 2 aromatic carbocycles. The molecule has 0 N–H and O–H groups in total. The molecule has 1 heterocycles. The fourth-order valence-corrected chi connectivity index (χ4v) is 2.18. The highest BCUT2D eigenvalue weighted by atomic mass is 19.1. The number of fused-ring (bicyclic) bond motifs is 1. The van der Waals surface area contributed by atoms with Gasteiger partial charge in [0.1, 0.15) is 17.2 Å². The van der Waals surface area contributed by atoms with Crippen molar-refractivity contribution in [2.45, 2.75) is 6.92 Å². The third-order valence-corrected chi connectivity index (χ3v) is 3.19. The van der Waals surface area contributed by atoms with Gasteiger partial charge in [-0.15, -0.1) is 0 Å². The van der Waals surface area contributed by atoms with E-state index in [2.05, 4.69) is 0 Å². The molecule has 0 saturated carbocycles. The fraction of sp³-hybridized carbons (Fsp3) is 0.0625. The average Bonchev–Trinajstić information content (AvgIpc) is 2.74. The van der Waals surface area contributed by atoms with Crippen molar-refractivity contribution in [2.75, 3.05) is 0 Å². The van der Waals surface area contributed by atoms with E-state index in [1.807, 2.05) is 0 Å². The summed E-state index contributed by atoms with van der Waals surface area (Å²) >= 11 is 0. The SMILES string of the molecule is Cc1c(C(=O)c2cccc(F)c2)oc2cc(F)ccc12. The molecule has 0 saturated heterocycles. The number of aryl methyl sites for hydroxylation is 1. The van der Waals surface area contributed by atoms with E-state index < -0.39 is 17.4 Å². The summed E-state index contributed by atoms with van der Waals surface area (Å²) in [4.78, 5) is 12.3. The quantitative estimate of drug-likeness (QED) is 0.653. The number of carbonyl (C=O) groups excluding carboxylic acids is 1. The lowest BCUT2D eigenvalue weighted by Crippen LogP contribution is -2.01. The van der Waals surface area contributed by atoms with Crippen LogP contribution in [-0.4, -0.2) is 5.78 Å². The molecule has 4 heteroatoms. The first-order valence-electron chi connectivity index (χ1n) is 6.05. The predicted molar refractivity (Wildman–Crippen MR) is 70.7 cm³/mol. The summed E-state index contributed by atoms with van der Waals surface area (Å²) in [7, 11) is 0. The lowest BCUT2D eigenvalue weighted by atomic mass is 10.0. The molecule has 3 aromatic rings. The number of halogens is 2. The van der Waals surface area contributed by atoms with Gasteiger partial charge in [-0.25, -0.2) is 8.78 Å². The summed E-state index contributed by atoms with van der Waals surface area (Å²) in [6.45, 7) is 1.72. The second kappa shape index (κ2) is 4.56.